The van der Waals surface area contributed by atoms with Crippen LogP contribution in [0.4, 0.5) is 0 Å². The lowest BCUT2D eigenvalue weighted by atomic mass is 10.1. The van der Waals surface area contributed by atoms with Crippen LogP contribution < -0.4 is 5.32 Å². The van der Waals surface area contributed by atoms with Gasteiger partial charge in [0, 0.05) is 25.2 Å². The van der Waals surface area contributed by atoms with Crippen LogP contribution in [-0.4, -0.2) is 61.9 Å². The molecule has 138 valence electrons. The monoisotopic (exact) mass is 372 g/mol. The molecule has 2 aromatic rings. The Balaban J connectivity index is 1.27. The van der Waals surface area contributed by atoms with E-state index in [2.05, 4.69) is 25.7 Å². The average Bonchev–Trinajstić information content (AvgIpc) is 3.39. The lowest BCUT2D eigenvalue weighted by Crippen LogP contribution is -2.45. The number of tetrazole rings is 1. The van der Waals surface area contributed by atoms with E-state index in [4.69, 9.17) is 0 Å². The molecule has 0 unspecified atom stereocenters. The van der Waals surface area contributed by atoms with Crippen molar-refractivity contribution in [3.63, 3.8) is 0 Å². The number of likely N-dealkylation sites (tertiary alicyclic amines) is 1. The number of rotatable bonds is 6. The molecular formula is C18H24N6OS. The number of hydrogen-bond donors (Lipinski definition) is 1. The number of carbonyl (C=O) groups is 1. The number of carbonyl (C=O) groups excluding carboxylic acids is 1. The number of aryl methyl sites for hydroxylation is 1. The minimum atomic E-state index is 0.0540. The predicted octanol–water partition coefficient (Wildman–Crippen LogP) is 1.81. The van der Waals surface area contributed by atoms with Crippen LogP contribution in [0.2, 0.25) is 0 Å². The lowest BCUT2D eigenvalue weighted by molar-refractivity contribution is -0.119. The summed E-state index contributed by atoms with van der Waals surface area (Å²) in [4.78, 5) is 14.9. The highest BCUT2D eigenvalue weighted by atomic mass is 32.2. The van der Waals surface area contributed by atoms with Gasteiger partial charge in [-0.3, -0.25) is 4.79 Å². The molecule has 0 bridgehead atoms. The number of hydrogen-bond acceptors (Lipinski definition) is 6. The van der Waals surface area contributed by atoms with Gasteiger partial charge in [0.15, 0.2) is 0 Å². The van der Waals surface area contributed by atoms with Gasteiger partial charge < -0.3 is 10.2 Å². The lowest BCUT2D eigenvalue weighted by Gasteiger charge is -2.32. The van der Waals surface area contributed by atoms with Crippen molar-refractivity contribution in [2.75, 3.05) is 18.8 Å². The maximum absolute atomic E-state index is 12.3. The third-order valence-electron chi connectivity index (χ3n) is 5.01. The summed E-state index contributed by atoms with van der Waals surface area (Å²) >= 11 is 1.37. The Bertz CT molecular complexity index is 749. The molecule has 1 aliphatic carbocycles. The van der Waals surface area contributed by atoms with Crippen molar-refractivity contribution in [3.05, 3.63) is 29.8 Å². The first-order valence-electron chi connectivity index (χ1n) is 9.20. The van der Waals surface area contributed by atoms with Crippen molar-refractivity contribution < 1.29 is 4.79 Å². The fourth-order valence-electron chi connectivity index (χ4n) is 3.36. The summed E-state index contributed by atoms with van der Waals surface area (Å²) in [6.07, 6.45) is 4.80. The van der Waals surface area contributed by atoms with Crippen LogP contribution in [0, 0.1) is 6.92 Å². The second-order valence-corrected chi connectivity index (χ2v) is 8.05. The third-order valence-corrected chi connectivity index (χ3v) is 5.93. The van der Waals surface area contributed by atoms with Gasteiger partial charge in [-0.05, 0) is 55.2 Å². The summed E-state index contributed by atoms with van der Waals surface area (Å²) in [5.41, 5.74) is 2.08. The highest BCUT2D eigenvalue weighted by molar-refractivity contribution is 7.99. The van der Waals surface area contributed by atoms with Crippen molar-refractivity contribution in [1.82, 2.24) is 30.4 Å². The van der Waals surface area contributed by atoms with E-state index in [0.717, 1.165) is 37.7 Å². The molecule has 2 fully saturated rings. The van der Waals surface area contributed by atoms with Gasteiger partial charge >= 0.3 is 0 Å². The van der Waals surface area contributed by atoms with E-state index in [-0.39, 0.29) is 5.91 Å². The van der Waals surface area contributed by atoms with Crippen LogP contribution in [0.15, 0.2) is 29.4 Å². The first kappa shape index (κ1) is 17.5. The highest BCUT2D eigenvalue weighted by Gasteiger charge is 2.32. The van der Waals surface area contributed by atoms with Gasteiger partial charge in [0.1, 0.15) is 0 Å². The van der Waals surface area contributed by atoms with Gasteiger partial charge in [-0.2, -0.15) is 4.68 Å². The maximum Gasteiger partial charge on any atom is 0.230 e. The van der Waals surface area contributed by atoms with Crippen LogP contribution in [0.1, 0.15) is 31.2 Å². The van der Waals surface area contributed by atoms with E-state index in [0.29, 0.717) is 17.0 Å². The zero-order valence-electron chi connectivity index (χ0n) is 15.0. The minimum absolute atomic E-state index is 0.0540. The number of piperidine rings is 1. The molecule has 1 N–H and O–H groups in total. The second kappa shape index (κ2) is 7.75. The summed E-state index contributed by atoms with van der Waals surface area (Å²) in [7, 11) is 0. The molecule has 1 aromatic heterocycles. The van der Waals surface area contributed by atoms with Gasteiger partial charge in [0.2, 0.25) is 11.1 Å². The molecule has 4 rings (SSSR count). The number of aromatic nitrogens is 4. The van der Waals surface area contributed by atoms with E-state index >= 15 is 0 Å². The van der Waals surface area contributed by atoms with Crippen LogP contribution in [0.5, 0.6) is 0 Å². The molecule has 1 aromatic carbocycles. The zero-order valence-corrected chi connectivity index (χ0v) is 15.8. The summed E-state index contributed by atoms with van der Waals surface area (Å²) in [6, 6.07) is 9.11. The molecule has 0 radical (unpaired) electrons. The highest BCUT2D eigenvalue weighted by Crippen LogP contribution is 2.29. The van der Waals surface area contributed by atoms with Crippen LogP contribution in [-0.2, 0) is 4.79 Å². The van der Waals surface area contributed by atoms with Crippen molar-refractivity contribution >= 4 is 17.7 Å². The standard InChI is InChI=1S/C18H24N6OS/c1-13-2-4-16(5-3-13)24-18(20-21-22-24)26-12-17(25)19-14-8-10-23(11-9-14)15-6-7-15/h2-5,14-15H,6-12H2,1H3,(H,19,25). The minimum Gasteiger partial charge on any atom is -0.353 e. The van der Waals surface area contributed by atoms with Crippen molar-refractivity contribution in [3.8, 4) is 5.69 Å². The summed E-state index contributed by atoms with van der Waals surface area (Å²) in [5.74, 6) is 0.382. The number of benzene rings is 1. The van der Waals surface area contributed by atoms with Crippen LogP contribution >= 0.6 is 11.8 Å². The molecule has 2 heterocycles. The van der Waals surface area contributed by atoms with Crippen molar-refractivity contribution in [2.45, 2.75) is 49.8 Å². The Hall–Kier alpha value is -1.93. The largest absolute Gasteiger partial charge is 0.353 e. The van der Waals surface area contributed by atoms with Gasteiger partial charge in [-0.1, -0.05) is 29.5 Å². The fourth-order valence-corrected chi connectivity index (χ4v) is 4.07. The Morgan fingerprint density at radius 1 is 1.19 bits per heavy atom. The van der Waals surface area contributed by atoms with E-state index in [1.54, 1.807) is 4.68 Å². The average molecular weight is 372 g/mol. The Kier molecular flexibility index (Phi) is 5.21. The second-order valence-electron chi connectivity index (χ2n) is 7.11. The molecule has 1 amide bonds. The quantitative estimate of drug-likeness (QED) is 0.780. The molecule has 2 aliphatic rings. The van der Waals surface area contributed by atoms with E-state index in [1.807, 2.05) is 31.2 Å². The Morgan fingerprint density at radius 2 is 1.92 bits per heavy atom. The Labute approximate surface area is 157 Å². The summed E-state index contributed by atoms with van der Waals surface area (Å²) < 4.78 is 1.67. The number of amides is 1. The van der Waals surface area contributed by atoms with Gasteiger partial charge in [0.05, 0.1) is 11.4 Å². The topological polar surface area (TPSA) is 75.9 Å². The molecule has 8 heteroatoms. The molecule has 1 saturated heterocycles. The number of nitrogens with one attached hydrogen (secondary N) is 1. The predicted molar refractivity (Wildman–Crippen MR) is 100 cm³/mol. The summed E-state index contributed by atoms with van der Waals surface area (Å²) in [6.45, 7) is 4.25. The van der Waals surface area contributed by atoms with Gasteiger partial charge in [0.25, 0.3) is 0 Å². The van der Waals surface area contributed by atoms with Crippen LogP contribution in [0.25, 0.3) is 5.69 Å². The van der Waals surface area contributed by atoms with Crippen molar-refractivity contribution in [1.29, 1.82) is 0 Å². The maximum atomic E-state index is 12.3. The Morgan fingerprint density at radius 3 is 2.62 bits per heavy atom. The SMILES string of the molecule is Cc1ccc(-n2nnnc2SCC(=O)NC2CCN(C3CC3)CC2)cc1. The molecular weight excluding hydrogens is 348 g/mol. The van der Waals surface area contributed by atoms with E-state index in [9.17, 15) is 4.79 Å². The smallest absolute Gasteiger partial charge is 0.230 e. The number of nitrogens with zero attached hydrogens (tertiary/aromatic N) is 5. The molecule has 0 spiro atoms. The first-order valence-corrected chi connectivity index (χ1v) is 10.2. The van der Waals surface area contributed by atoms with Gasteiger partial charge in [-0.25, -0.2) is 0 Å². The fraction of sp³-hybridized carbons (Fsp3) is 0.556. The first-order chi connectivity index (χ1) is 12.7. The van der Waals surface area contributed by atoms with Gasteiger partial charge in [-0.15, -0.1) is 5.10 Å². The molecule has 0 atom stereocenters. The van der Waals surface area contributed by atoms with Crippen LogP contribution in [0.3, 0.4) is 0 Å². The summed E-state index contributed by atoms with van der Waals surface area (Å²) in [5, 5.41) is 15.6. The number of thioether (sulfide) groups is 1. The normalized spacial score (nSPS) is 18.8. The zero-order chi connectivity index (χ0) is 17.9. The molecule has 7 nitrogen and oxygen atoms in total. The third kappa shape index (κ3) is 4.24. The van der Waals surface area contributed by atoms with E-state index in [1.165, 1.54) is 30.2 Å². The molecule has 1 aliphatic heterocycles. The molecule has 26 heavy (non-hydrogen) atoms. The van der Waals surface area contributed by atoms with E-state index < -0.39 is 0 Å². The molecule has 1 saturated carbocycles. The van der Waals surface area contributed by atoms with Crippen molar-refractivity contribution in [2.24, 2.45) is 0 Å².